The van der Waals surface area contributed by atoms with Crippen molar-refractivity contribution < 1.29 is 22.0 Å². The van der Waals surface area contributed by atoms with E-state index < -0.39 is 41.6 Å². The van der Waals surface area contributed by atoms with E-state index in [0.29, 0.717) is 12.8 Å². The normalized spacial score (nSPS) is 15.2. The Morgan fingerprint density at radius 1 is 1.21 bits per heavy atom. The topological polar surface area (TPSA) is 27.0 Å². The van der Waals surface area contributed by atoms with Crippen molar-refractivity contribution in [3.63, 3.8) is 0 Å². The minimum absolute atomic E-state index is 0.427. The summed E-state index contributed by atoms with van der Waals surface area (Å²) in [4.78, 5) is 0.805. The lowest BCUT2D eigenvalue weighted by atomic mass is 10.1. The Labute approximate surface area is 106 Å². The maximum Gasteiger partial charge on any atom is 0.405 e. The number of hydrogen-bond donors (Lipinski definition) is 0. The zero-order valence-electron chi connectivity index (χ0n) is 9.64. The van der Waals surface area contributed by atoms with E-state index >= 15 is 0 Å². The van der Waals surface area contributed by atoms with E-state index in [1.165, 1.54) is 6.07 Å². The zero-order valence-corrected chi connectivity index (χ0v) is 9.64. The highest BCUT2D eigenvalue weighted by Gasteiger charge is 2.39. The first kappa shape index (κ1) is 13.6. The van der Waals surface area contributed by atoms with Crippen LogP contribution in [0.5, 0.6) is 0 Å². The van der Waals surface area contributed by atoms with E-state index in [1.807, 2.05) is 0 Å². The number of rotatable bonds is 3. The molecule has 1 aliphatic carbocycles. The minimum Gasteiger partial charge on any atom is -0.357 e. The highest BCUT2D eigenvalue weighted by atomic mass is 19.4. The smallest absolute Gasteiger partial charge is 0.357 e. The summed E-state index contributed by atoms with van der Waals surface area (Å²) in [5, 5.41) is 8.53. The molecule has 1 aromatic carbocycles. The molecule has 0 aromatic heterocycles. The van der Waals surface area contributed by atoms with Crippen LogP contribution in [-0.4, -0.2) is 18.8 Å². The molecule has 7 heteroatoms. The summed E-state index contributed by atoms with van der Waals surface area (Å²) in [7, 11) is 0. The Morgan fingerprint density at radius 3 is 2.32 bits per heavy atom. The molecular weight excluding hydrogens is 267 g/mol. The fourth-order valence-corrected chi connectivity index (χ4v) is 1.84. The monoisotopic (exact) mass is 276 g/mol. The van der Waals surface area contributed by atoms with Gasteiger partial charge in [-0.05, 0) is 25.0 Å². The average molecular weight is 276 g/mol. The molecule has 0 atom stereocenters. The summed E-state index contributed by atoms with van der Waals surface area (Å²) in [6, 6.07) is 3.01. The van der Waals surface area contributed by atoms with Gasteiger partial charge in [-0.3, -0.25) is 0 Å². The molecule has 0 aliphatic heterocycles. The van der Waals surface area contributed by atoms with Crippen LogP contribution < -0.4 is 4.90 Å². The van der Waals surface area contributed by atoms with Gasteiger partial charge in [-0.15, -0.1) is 0 Å². The first-order chi connectivity index (χ1) is 8.83. The molecule has 0 radical (unpaired) electrons. The lowest BCUT2D eigenvalue weighted by molar-refractivity contribution is -0.120. The molecule has 2 rings (SSSR count). The summed E-state index contributed by atoms with van der Waals surface area (Å²) < 4.78 is 64.5. The van der Waals surface area contributed by atoms with E-state index in [-0.39, 0.29) is 0 Å². The van der Waals surface area contributed by atoms with Gasteiger partial charge >= 0.3 is 6.18 Å². The predicted molar refractivity (Wildman–Crippen MR) is 57.5 cm³/mol. The molecule has 0 spiro atoms. The maximum absolute atomic E-state index is 13.7. The van der Waals surface area contributed by atoms with Crippen molar-refractivity contribution in [1.29, 1.82) is 5.26 Å². The minimum atomic E-state index is -4.50. The van der Waals surface area contributed by atoms with Crippen molar-refractivity contribution >= 4 is 5.69 Å². The maximum atomic E-state index is 13.7. The van der Waals surface area contributed by atoms with E-state index in [9.17, 15) is 22.0 Å². The van der Waals surface area contributed by atoms with Crippen LogP contribution in [0.1, 0.15) is 18.4 Å². The number of benzene rings is 1. The standard InChI is InChI=1S/C12H9F5N2/c13-10-7(5-18)1-4-9(11(10)14)19(8-2-3-8)6-12(15,16)17/h1,4,8H,2-3,6H2. The summed E-state index contributed by atoms with van der Waals surface area (Å²) in [5.41, 5.74) is -0.972. The van der Waals surface area contributed by atoms with Gasteiger partial charge in [0.25, 0.3) is 0 Å². The molecule has 0 amide bonds. The molecular formula is C12H9F5N2. The molecule has 19 heavy (non-hydrogen) atoms. The molecule has 1 saturated carbocycles. The summed E-state index contributed by atoms with van der Waals surface area (Å²) >= 11 is 0. The first-order valence-corrected chi connectivity index (χ1v) is 5.55. The van der Waals surface area contributed by atoms with Gasteiger partial charge in [0.15, 0.2) is 11.6 Å². The van der Waals surface area contributed by atoms with Gasteiger partial charge in [0.2, 0.25) is 0 Å². The number of hydrogen-bond acceptors (Lipinski definition) is 2. The van der Waals surface area contributed by atoms with Crippen molar-refractivity contribution in [2.45, 2.75) is 25.1 Å². The van der Waals surface area contributed by atoms with Crippen LogP contribution >= 0.6 is 0 Å². The van der Waals surface area contributed by atoms with E-state index in [4.69, 9.17) is 5.26 Å². The Bertz CT molecular complexity index is 528. The van der Waals surface area contributed by atoms with Gasteiger partial charge in [0, 0.05) is 6.04 Å². The SMILES string of the molecule is N#Cc1ccc(N(CC(F)(F)F)C2CC2)c(F)c1F. The van der Waals surface area contributed by atoms with Crippen molar-refractivity contribution in [2.24, 2.45) is 0 Å². The Morgan fingerprint density at radius 2 is 1.84 bits per heavy atom. The summed E-state index contributed by atoms with van der Waals surface area (Å²) in [6.45, 7) is -1.33. The highest BCUT2D eigenvalue weighted by Crippen LogP contribution is 2.36. The van der Waals surface area contributed by atoms with Crippen molar-refractivity contribution in [1.82, 2.24) is 0 Å². The van der Waals surface area contributed by atoms with Crippen LogP contribution in [0.4, 0.5) is 27.6 Å². The molecule has 0 unspecified atom stereocenters. The third-order valence-electron chi connectivity index (χ3n) is 2.83. The van der Waals surface area contributed by atoms with E-state index in [1.54, 1.807) is 0 Å². The lowest BCUT2D eigenvalue weighted by Gasteiger charge is -2.26. The fourth-order valence-electron chi connectivity index (χ4n) is 1.84. The van der Waals surface area contributed by atoms with Crippen LogP contribution in [0.2, 0.25) is 0 Å². The molecule has 2 nitrogen and oxygen atoms in total. The van der Waals surface area contributed by atoms with Crippen LogP contribution in [0.25, 0.3) is 0 Å². The number of nitrogens with zero attached hydrogens (tertiary/aromatic N) is 2. The molecule has 0 saturated heterocycles. The summed E-state index contributed by atoms with van der Waals surface area (Å²) in [5.74, 6) is -2.82. The van der Waals surface area contributed by atoms with Gasteiger partial charge < -0.3 is 4.90 Å². The number of halogens is 5. The third-order valence-corrected chi connectivity index (χ3v) is 2.83. The fraction of sp³-hybridized carbons (Fsp3) is 0.417. The number of alkyl halides is 3. The van der Waals surface area contributed by atoms with E-state index in [0.717, 1.165) is 17.0 Å². The quantitative estimate of drug-likeness (QED) is 0.791. The molecule has 0 heterocycles. The number of nitriles is 1. The number of anilines is 1. The molecule has 1 aromatic rings. The van der Waals surface area contributed by atoms with Gasteiger partial charge in [0.05, 0.1) is 11.3 Å². The second-order valence-corrected chi connectivity index (χ2v) is 4.35. The van der Waals surface area contributed by atoms with E-state index in [2.05, 4.69) is 0 Å². The lowest BCUT2D eigenvalue weighted by Crippen LogP contribution is -2.36. The average Bonchev–Trinajstić information content (AvgIpc) is 3.13. The second kappa shape index (κ2) is 4.68. The van der Waals surface area contributed by atoms with Crippen LogP contribution in [0.3, 0.4) is 0 Å². The van der Waals surface area contributed by atoms with Crippen molar-refractivity contribution in [2.75, 3.05) is 11.4 Å². The Balaban J connectivity index is 2.38. The van der Waals surface area contributed by atoms with Crippen LogP contribution in [0, 0.1) is 23.0 Å². The van der Waals surface area contributed by atoms with Crippen LogP contribution in [0.15, 0.2) is 12.1 Å². The first-order valence-electron chi connectivity index (χ1n) is 5.55. The van der Waals surface area contributed by atoms with Gasteiger partial charge in [-0.25, -0.2) is 8.78 Å². The zero-order chi connectivity index (χ0) is 14.2. The highest BCUT2D eigenvalue weighted by molar-refractivity contribution is 5.53. The second-order valence-electron chi connectivity index (χ2n) is 4.35. The molecule has 1 aliphatic rings. The molecule has 102 valence electrons. The van der Waals surface area contributed by atoms with Gasteiger partial charge in [0.1, 0.15) is 12.6 Å². The largest absolute Gasteiger partial charge is 0.405 e. The Kier molecular flexibility index (Phi) is 3.35. The Hall–Kier alpha value is -1.84. The van der Waals surface area contributed by atoms with Crippen LogP contribution in [-0.2, 0) is 0 Å². The third kappa shape index (κ3) is 2.95. The van der Waals surface area contributed by atoms with Crippen molar-refractivity contribution in [3.05, 3.63) is 29.3 Å². The molecule has 0 bridgehead atoms. The summed E-state index contributed by atoms with van der Waals surface area (Å²) in [6.07, 6.45) is -3.48. The predicted octanol–water partition coefficient (Wildman–Crippen LogP) is 3.37. The molecule has 1 fully saturated rings. The van der Waals surface area contributed by atoms with Crippen molar-refractivity contribution in [3.8, 4) is 6.07 Å². The van der Waals surface area contributed by atoms with Gasteiger partial charge in [-0.2, -0.15) is 18.4 Å². The molecule has 0 N–H and O–H groups in total. The van der Waals surface area contributed by atoms with Gasteiger partial charge in [-0.1, -0.05) is 0 Å².